The summed E-state index contributed by atoms with van der Waals surface area (Å²) in [5, 5.41) is 7.27. The summed E-state index contributed by atoms with van der Waals surface area (Å²) in [6.07, 6.45) is 3.41. The molecule has 1 aromatic carbocycles. The Bertz CT molecular complexity index is 1700. The third-order valence-corrected chi connectivity index (χ3v) is 7.43. The molecule has 2 aliphatic rings. The first-order valence-electron chi connectivity index (χ1n) is 13.4. The van der Waals surface area contributed by atoms with Crippen LogP contribution < -0.4 is 5.32 Å². The Labute approximate surface area is 227 Å². The van der Waals surface area contributed by atoms with Gasteiger partial charge in [0.1, 0.15) is 11.8 Å². The van der Waals surface area contributed by atoms with Crippen LogP contribution >= 0.6 is 0 Å². The number of hydrogen-bond acceptors (Lipinski definition) is 7. The molecule has 2 N–H and O–H groups in total. The first-order chi connectivity index (χ1) is 19.4. The van der Waals surface area contributed by atoms with Crippen LogP contribution in [0, 0.1) is 0 Å². The van der Waals surface area contributed by atoms with Crippen molar-refractivity contribution in [2.24, 2.45) is 0 Å². The van der Waals surface area contributed by atoms with E-state index in [-0.39, 0.29) is 5.92 Å². The molecule has 204 valence electrons. The van der Waals surface area contributed by atoms with E-state index in [1.54, 1.807) is 24.8 Å². The van der Waals surface area contributed by atoms with Crippen molar-refractivity contribution < 1.29 is 13.2 Å². The summed E-state index contributed by atoms with van der Waals surface area (Å²) in [6.45, 7) is 2.49. The summed E-state index contributed by atoms with van der Waals surface area (Å²) < 4.78 is 41.4. The molecule has 12 heteroatoms. The Kier molecular flexibility index (Phi) is 5.79. The average Bonchev–Trinajstić information content (AvgIpc) is 3.89. The van der Waals surface area contributed by atoms with Crippen LogP contribution in [-0.4, -0.2) is 39.7 Å². The lowest BCUT2D eigenvalue weighted by Crippen LogP contribution is -2.08. The van der Waals surface area contributed by atoms with Crippen molar-refractivity contribution in [3.63, 3.8) is 0 Å². The summed E-state index contributed by atoms with van der Waals surface area (Å²) in [4.78, 5) is 26.2. The van der Waals surface area contributed by atoms with Crippen LogP contribution in [0.25, 0.3) is 28.2 Å². The van der Waals surface area contributed by atoms with E-state index in [4.69, 9.17) is 9.97 Å². The highest BCUT2D eigenvalue weighted by atomic mass is 19.4. The Morgan fingerprint density at radius 2 is 1.77 bits per heavy atom. The lowest BCUT2D eigenvalue weighted by molar-refractivity contribution is -0.141. The molecule has 4 aromatic heterocycles. The number of aryl methyl sites for hydroxylation is 1. The number of benzene rings is 1. The Balaban J connectivity index is 1.17. The molecule has 2 aliphatic carbocycles. The smallest absolute Gasteiger partial charge is 0.364 e. The molecule has 2 saturated carbocycles. The molecule has 5 aromatic rings. The van der Waals surface area contributed by atoms with Gasteiger partial charge in [-0.05, 0) is 55.9 Å². The number of aromatic amines is 1. The average molecular weight is 546 g/mol. The van der Waals surface area contributed by atoms with Gasteiger partial charge >= 0.3 is 6.18 Å². The summed E-state index contributed by atoms with van der Waals surface area (Å²) in [5.74, 6) is 1.67. The van der Waals surface area contributed by atoms with Crippen LogP contribution in [0.1, 0.15) is 72.8 Å². The lowest BCUT2D eigenvalue weighted by Gasteiger charge is -2.13. The second-order valence-corrected chi connectivity index (χ2v) is 10.4. The quantitative estimate of drug-likeness (QED) is 0.248. The molecular formula is C28H26F3N9. The predicted octanol–water partition coefficient (Wildman–Crippen LogP) is 5.94. The number of H-pyrrole nitrogens is 1. The monoisotopic (exact) mass is 545 g/mol. The number of alkyl halides is 3. The molecule has 0 saturated heterocycles. The maximum atomic E-state index is 13.3. The molecule has 9 nitrogen and oxygen atoms in total. The number of imidazole rings is 1. The molecule has 0 spiro atoms. The van der Waals surface area contributed by atoms with E-state index < -0.39 is 11.9 Å². The molecule has 7 rings (SSSR count). The Morgan fingerprint density at radius 1 is 1.00 bits per heavy atom. The van der Waals surface area contributed by atoms with E-state index in [2.05, 4.69) is 37.3 Å². The minimum atomic E-state index is -4.48. The first kappa shape index (κ1) is 24.7. The van der Waals surface area contributed by atoms with E-state index in [0.29, 0.717) is 46.7 Å². The maximum absolute atomic E-state index is 13.3. The fraction of sp³-hybridized carbons (Fsp3) is 0.357. The van der Waals surface area contributed by atoms with Gasteiger partial charge in [-0.15, -0.1) is 0 Å². The zero-order chi connectivity index (χ0) is 27.4. The number of nitrogens with zero attached hydrogens (tertiary/aromatic N) is 7. The first-order valence-corrected chi connectivity index (χ1v) is 13.4. The van der Waals surface area contributed by atoms with Gasteiger partial charge in [0.15, 0.2) is 23.0 Å². The molecule has 4 heterocycles. The third kappa shape index (κ3) is 4.56. The number of rotatable bonds is 8. The van der Waals surface area contributed by atoms with E-state index in [1.165, 1.54) is 10.7 Å². The number of aromatic nitrogens is 8. The van der Waals surface area contributed by atoms with Gasteiger partial charge in [-0.25, -0.2) is 29.6 Å². The number of nitrogens with one attached hydrogen (secondary N) is 2. The topological polar surface area (TPSA) is 110 Å². The van der Waals surface area contributed by atoms with Crippen molar-refractivity contribution >= 4 is 17.0 Å². The molecule has 0 amide bonds. The largest absolute Gasteiger partial charge is 0.435 e. The zero-order valence-electron chi connectivity index (χ0n) is 21.7. The minimum Gasteiger partial charge on any atom is -0.364 e. The van der Waals surface area contributed by atoms with Gasteiger partial charge in [-0.2, -0.15) is 18.3 Å². The van der Waals surface area contributed by atoms with E-state index >= 15 is 0 Å². The van der Waals surface area contributed by atoms with Crippen molar-refractivity contribution in [2.45, 2.75) is 63.6 Å². The molecule has 0 unspecified atom stereocenters. The van der Waals surface area contributed by atoms with Gasteiger partial charge in [0.25, 0.3) is 0 Å². The molecule has 0 bridgehead atoms. The Hall–Kier alpha value is -4.35. The van der Waals surface area contributed by atoms with Gasteiger partial charge in [-0.3, -0.25) is 0 Å². The molecule has 0 aliphatic heterocycles. The molecule has 0 radical (unpaired) electrons. The standard InChI is InChI=1S/C28H26F3N9/c1-2-19-22(23(17-7-8-17)34-13-33-19)25-37-26(24-27(38-25)36-14-35-24)32-12-15-3-9-18(10-4-15)40-20(16-5-6-16)11-21(39-40)28(29,30)31/h3-4,9-11,13-14,16-17H,2,5-8,12H2,1H3,(H2,32,35,36,37,38). The van der Waals surface area contributed by atoms with Gasteiger partial charge in [0, 0.05) is 24.1 Å². The summed E-state index contributed by atoms with van der Waals surface area (Å²) in [7, 11) is 0. The van der Waals surface area contributed by atoms with E-state index in [0.717, 1.165) is 54.6 Å². The number of anilines is 1. The van der Waals surface area contributed by atoms with Crippen LogP contribution in [0.3, 0.4) is 0 Å². The van der Waals surface area contributed by atoms with Crippen molar-refractivity contribution in [1.82, 2.24) is 39.7 Å². The Morgan fingerprint density at radius 3 is 2.48 bits per heavy atom. The van der Waals surface area contributed by atoms with E-state index in [9.17, 15) is 13.2 Å². The van der Waals surface area contributed by atoms with Crippen molar-refractivity contribution in [2.75, 3.05) is 5.32 Å². The summed E-state index contributed by atoms with van der Waals surface area (Å²) in [6, 6.07) is 8.52. The highest BCUT2D eigenvalue weighted by molar-refractivity contribution is 5.85. The molecule has 2 fully saturated rings. The fourth-order valence-electron chi connectivity index (χ4n) is 5.04. The molecule has 0 atom stereocenters. The number of halogens is 3. The van der Waals surface area contributed by atoms with E-state index in [1.807, 2.05) is 12.1 Å². The fourth-order valence-corrected chi connectivity index (χ4v) is 5.04. The number of hydrogen-bond donors (Lipinski definition) is 2. The second-order valence-electron chi connectivity index (χ2n) is 10.4. The van der Waals surface area contributed by atoms with Crippen LogP contribution in [0.15, 0.2) is 43.0 Å². The maximum Gasteiger partial charge on any atom is 0.435 e. The van der Waals surface area contributed by atoms with Gasteiger partial charge in [0.2, 0.25) is 0 Å². The van der Waals surface area contributed by atoms with Gasteiger partial charge < -0.3 is 10.3 Å². The van der Waals surface area contributed by atoms with Crippen LogP contribution in [0.2, 0.25) is 0 Å². The summed E-state index contributed by atoms with van der Waals surface area (Å²) >= 11 is 0. The van der Waals surface area contributed by atoms with Crippen LogP contribution in [0.5, 0.6) is 0 Å². The second kappa shape index (κ2) is 9.39. The molecular weight excluding hydrogens is 519 g/mol. The zero-order valence-corrected chi connectivity index (χ0v) is 21.7. The SMILES string of the molecule is CCc1ncnc(C2CC2)c1-c1nc(NCc2ccc(-n3nc(C(F)(F)F)cc3C3CC3)cc2)c2[nH]cnc2n1. The number of fused-ring (bicyclic) bond motifs is 1. The van der Waals surface area contributed by atoms with Crippen molar-refractivity contribution in [1.29, 1.82) is 0 Å². The summed E-state index contributed by atoms with van der Waals surface area (Å²) in [5.41, 5.74) is 5.30. The predicted molar refractivity (Wildman–Crippen MR) is 142 cm³/mol. The minimum absolute atomic E-state index is 0.123. The molecule has 40 heavy (non-hydrogen) atoms. The third-order valence-electron chi connectivity index (χ3n) is 7.43. The van der Waals surface area contributed by atoms with Crippen LogP contribution in [0.4, 0.5) is 19.0 Å². The normalized spacial score (nSPS) is 15.6. The van der Waals surface area contributed by atoms with Crippen LogP contribution in [-0.2, 0) is 19.1 Å². The van der Waals surface area contributed by atoms with Gasteiger partial charge in [-0.1, -0.05) is 19.1 Å². The highest BCUT2D eigenvalue weighted by Gasteiger charge is 2.38. The van der Waals surface area contributed by atoms with Crippen molar-refractivity contribution in [3.05, 3.63) is 71.3 Å². The van der Waals surface area contributed by atoms with Gasteiger partial charge in [0.05, 0.1) is 29.0 Å². The highest BCUT2D eigenvalue weighted by Crippen LogP contribution is 2.44. The van der Waals surface area contributed by atoms with Crippen molar-refractivity contribution in [3.8, 4) is 17.1 Å². The lowest BCUT2D eigenvalue weighted by atomic mass is 10.1.